The van der Waals surface area contributed by atoms with Crippen molar-refractivity contribution in [2.24, 2.45) is 0 Å². The first kappa shape index (κ1) is 17.3. The lowest BCUT2D eigenvalue weighted by Gasteiger charge is -2.18. The molecule has 25 heavy (non-hydrogen) atoms. The van der Waals surface area contributed by atoms with Crippen molar-refractivity contribution in [3.8, 4) is 0 Å². The van der Waals surface area contributed by atoms with E-state index >= 15 is 0 Å². The molecule has 7 heteroatoms. The number of hydrogen-bond acceptors (Lipinski definition) is 5. The lowest BCUT2D eigenvalue weighted by molar-refractivity contribution is -0.130. The van der Waals surface area contributed by atoms with Crippen LogP contribution in [0.5, 0.6) is 0 Å². The summed E-state index contributed by atoms with van der Waals surface area (Å²) in [4.78, 5) is 31.0. The summed E-state index contributed by atoms with van der Waals surface area (Å²) in [6.45, 7) is 5.28. The van der Waals surface area contributed by atoms with Gasteiger partial charge in [-0.15, -0.1) is 11.3 Å². The Hall–Kier alpha value is -2.54. The van der Waals surface area contributed by atoms with E-state index in [1.54, 1.807) is 9.42 Å². The minimum absolute atomic E-state index is 0.0507. The topological polar surface area (TPSA) is 67.6 Å². The summed E-state index contributed by atoms with van der Waals surface area (Å²) in [7, 11) is 0. The molecule has 3 rings (SSSR count). The number of nitrogens with zero attached hydrogens (tertiary/aromatic N) is 4. The van der Waals surface area contributed by atoms with Crippen molar-refractivity contribution in [3.63, 3.8) is 0 Å². The van der Waals surface area contributed by atoms with Crippen molar-refractivity contribution in [3.05, 3.63) is 63.0 Å². The molecule has 130 valence electrons. The van der Waals surface area contributed by atoms with Gasteiger partial charge in [0.15, 0.2) is 0 Å². The summed E-state index contributed by atoms with van der Waals surface area (Å²) < 4.78 is 1.63. The molecule has 0 unspecified atom stereocenters. The SMILES string of the molecule is CCN(CC)C(=O)Cc1csc2nc(=O)c(Cc3ccccc3)nn12. The minimum atomic E-state index is -0.313. The third kappa shape index (κ3) is 3.76. The number of rotatable bonds is 6. The van der Waals surface area contributed by atoms with E-state index in [9.17, 15) is 9.59 Å². The molecule has 0 saturated carbocycles. The number of likely N-dealkylation sites (N-methyl/N-ethyl adjacent to an activating group) is 1. The average molecular weight is 356 g/mol. The summed E-state index contributed by atoms with van der Waals surface area (Å²) in [6.07, 6.45) is 0.679. The van der Waals surface area contributed by atoms with Crippen LogP contribution >= 0.6 is 11.3 Å². The molecule has 0 radical (unpaired) electrons. The standard InChI is InChI=1S/C18H20N4O2S/c1-3-21(4-2)16(23)11-14-12-25-18-19-17(24)15(20-22(14)18)10-13-8-6-5-7-9-13/h5-9,12H,3-4,10-11H2,1-2H3. The number of carbonyl (C=O) groups is 1. The molecule has 0 aliphatic carbocycles. The van der Waals surface area contributed by atoms with E-state index in [4.69, 9.17) is 0 Å². The maximum Gasteiger partial charge on any atom is 0.296 e. The van der Waals surface area contributed by atoms with Gasteiger partial charge in [0.25, 0.3) is 5.56 Å². The van der Waals surface area contributed by atoms with E-state index in [-0.39, 0.29) is 17.9 Å². The highest BCUT2D eigenvalue weighted by Gasteiger charge is 2.16. The monoisotopic (exact) mass is 356 g/mol. The van der Waals surface area contributed by atoms with Gasteiger partial charge < -0.3 is 4.90 Å². The van der Waals surface area contributed by atoms with Gasteiger partial charge in [-0.1, -0.05) is 30.3 Å². The van der Waals surface area contributed by atoms with Crippen LogP contribution in [0.2, 0.25) is 0 Å². The largest absolute Gasteiger partial charge is 0.343 e. The van der Waals surface area contributed by atoms with Crippen LogP contribution in [0.15, 0.2) is 40.5 Å². The van der Waals surface area contributed by atoms with Crippen molar-refractivity contribution < 1.29 is 4.79 Å². The predicted octanol–water partition coefficient (Wildman–Crippen LogP) is 2.15. The van der Waals surface area contributed by atoms with Gasteiger partial charge in [-0.05, 0) is 19.4 Å². The highest BCUT2D eigenvalue weighted by molar-refractivity contribution is 7.15. The number of fused-ring (bicyclic) bond motifs is 1. The maximum atomic E-state index is 12.4. The van der Waals surface area contributed by atoms with Crippen LogP contribution < -0.4 is 5.56 Å². The highest BCUT2D eigenvalue weighted by Crippen LogP contribution is 2.14. The maximum absolute atomic E-state index is 12.4. The zero-order valence-corrected chi connectivity index (χ0v) is 15.1. The lowest BCUT2D eigenvalue weighted by atomic mass is 10.1. The predicted molar refractivity (Wildman–Crippen MR) is 98.0 cm³/mol. The Morgan fingerprint density at radius 3 is 2.60 bits per heavy atom. The van der Waals surface area contributed by atoms with Crippen molar-refractivity contribution in [1.29, 1.82) is 0 Å². The second-order valence-corrected chi connectivity index (χ2v) is 6.53. The Balaban J connectivity index is 1.92. The second-order valence-electron chi connectivity index (χ2n) is 5.69. The first-order valence-electron chi connectivity index (χ1n) is 8.30. The van der Waals surface area contributed by atoms with Crippen LogP contribution in [0.3, 0.4) is 0 Å². The molecule has 0 spiro atoms. The molecule has 0 saturated heterocycles. The molecule has 1 amide bonds. The fraction of sp³-hybridized carbons (Fsp3) is 0.333. The summed E-state index contributed by atoms with van der Waals surface area (Å²) in [5.41, 5.74) is 1.84. The van der Waals surface area contributed by atoms with Gasteiger partial charge >= 0.3 is 0 Å². The van der Waals surface area contributed by atoms with Crippen molar-refractivity contribution in [1.82, 2.24) is 19.5 Å². The first-order chi connectivity index (χ1) is 12.1. The zero-order chi connectivity index (χ0) is 17.8. The summed E-state index contributed by atoms with van der Waals surface area (Å²) >= 11 is 1.33. The van der Waals surface area contributed by atoms with Crippen LogP contribution in [0, 0.1) is 0 Å². The smallest absolute Gasteiger partial charge is 0.296 e. The van der Waals surface area contributed by atoms with E-state index in [0.29, 0.717) is 30.2 Å². The molecule has 0 fully saturated rings. The Morgan fingerprint density at radius 2 is 1.92 bits per heavy atom. The van der Waals surface area contributed by atoms with E-state index < -0.39 is 0 Å². The molecule has 3 aromatic rings. The Kier molecular flexibility index (Phi) is 5.23. The second kappa shape index (κ2) is 7.57. The minimum Gasteiger partial charge on any atom is -0.343 e. The molecule has 6 nitrogen and oxygen atoms in total. The van der Waals surface area contributed by atoms with Crippen molar-refractivity contribution in [2.45, 2.75) is 26.7 Å². The van der Waals surface area contributed by atoms with Gasteiger partial charge in [0, 0.05) is 24.9 Å². The van der Waals surface area contributed by atoms with Crippen LogP contribution in [-0.4, -0.2) is 38.5 Å². The summed E-state index contributed by atoms with van der Waals surface area (Å²) in [5.74, 6) is 0.0507. The molecule has 1 aromatic carbocycles. The molecule has 0 aliphatic heterocycles. The van der Waals surface area contributed by atoms with Crippen LogP contribution in [-0.2, 0) is 17.6 Å². The summed E-state index contributed by atoms with van der Waals surface area (Å²) in [6, 6.07) is 9.69. The molecular weight excluding hydrogens is 336 g/mol. The number of hydrogen-bond donors (Lipinski definition) is 0. The van der Waals surface area contributed by atoms with Crippen LogP contribution in [0.1, 0.15) is 30.8 Å². The molecule has 2 heterocycles. The van der Waals surface area contributed by atoms with E-state index in [1.807, 2.05) is 49.6 Å². The average Bonchev–Trinajstić information content (AvgIpc) is 2.99. The Bertz CT molecular complexity index is 929. The summed E-state index contributed by atoms with van der Waals surface area (Å²) in [5, 5.41) is 6.33. The number of benzene rings is 1. The molecule has 0 aliphatic rings. The van der Waals surface area contributed by atoms with Gasteiger partial charge in [-0.2, -0.15) is 10.1 Å². The molecule has 0 atom stereocenters. The fourth-order valence-corrected chi connectivity index (χ4v) is 3.52. The van der Waals surface area contributed by atoms with E-state index in [2.05, 4.69) is 10.1 Å². The van der Waals surface area contributed by atoms with Crippen molar-refractivity contribution >= 4 is 22.2 Å². The fourth-order valence-electron chi connectivity index (χ4n) is 2.70. The Labute approximate surface area is 149 Å². The zero-order valence-electron chi connectivity index (χ0n) is 14.3. The third-order valence-electron chi connectivity index (χ3n) is 4.08. The quantitative estimate of drug-likeness (QED) is 0.679. The first-order valence-corrected chi connectivity index (χ1v) is 9.18. The molecule has 0 bridgehead atoms. The lowest BCUT2D eigenvalue weighted by Crippen LogP contribution is -2.32. The van der Waals surface area contributed by atoms with Crippen LogP contribution in [0.25, 0.3) is 4.96 Å². The van der Waals surface area contributed by atoms with E-state index in [0.717, 1.165) is 11.3 Å². The van der Waals surface area contributed by atoms with Gasteiger partial charge in [-0.25, -0.2) is 4.52 Å². The van der Waals surface area contributed by atoms with Gasteiger partial charge in [-0.3, -0.25) is 9.59 Å². The third-order valence-corrected chi connectivity index (χ3v) is 4.95. The highest BCUT2D eigenvalue weighted by atomic mass is 32.1. The van der Waals surface area contributed by atoms with Crippen LogP contribution in [0.4, 0.5) is 0 Å². The van der Waals surface area contributed by atoms with Gasteiger partial charge in [0.05, 0.1) is 12.1 Å². The number of carbonyl (C=O) groups excluding carboxylic acids is 1. The Morgan fingerprint density at radius 1 is 1.20 bits per heavy atom. The van der Waals surface area contributed by atoms with Gasteiger partial charge in [0.1, 0.15) is 5.69 Å². The number of aromatic nitrogens is 3. The molecular formula is C18H20N4O2S. The number of thiazole rings is 1. The number of amides is 1. The molecule has 0 N–H and O–H groups in total. The molecule has 2 aromatic heterocycles. The van der Waals surface area contributed by atoms with Crippen molar-refractivity contribution in [2.75, 3.05) is 13.1 Å². The van der Waals surface area contributed by atoms with E-state index in [1.165, 1.54) is 11.3 Å². The normalized spacial score (nSPS) is 11.0. The van der Waals surface area contributed by atoms with Gasteiger partial charge in [0.2, 0.25) is 10.9 Å².